The molecule has 142 valence electrons. The number of esters is 1. The molecule has 1 N–H and O–H groups in total. The second-order valence-corrected chi connectivity index (χ2v) is 6.25. The van der Waals surface area contributed by atoms with Crippen LogP contribution in [-0.2, 0) is 30.4 Å². The lowest BCUT2D eigenvalue weighted by atomic mass is 10.2. The van der Waals surface area contributed by atoms with Crippen LogP contribution in [0.1, 0.15) is 26.3 Å². The van der Waals surface area contributed by atoms with Crippen LogP contribution >= 0.6 is 0 Å². The molecule has 2 atom stereocenters. The Hall–Kier alpha value is -2.61. The van der Waals surface area contributed by atoms with Gasteiger partial charge in [0, 0.05) is 6.54 Å². The van der Waals surface area contributed by atoms with Gasteiger partial charge in [0.05, 0.1) is 6.61 Å². The number of rotatable bonds is 7. The Balaban J connectivity index is 1.89. The zero-order valence-electron chi connectivity index (χ0n) is 15.1. The van der Waals surface area contributed by atoms with E-state index < -0.39 is 30.2 Å². The van der Waals surface area contributed by atoms with Crippen LogP contribution < -0.4 is 5.43 Å². The molecular formula is C18H24N2O6. The minimum Gasteiger partial charge on any atom is -0.464 e. The van der Waals surface area contributed by atoms with E-state index in [2.05, 4.69) is 5.43 Å². The first kappa shape index (κ1) is 19.7. The molecule has 0 spiro atoms. The maximum absolute atomic E-state index is 12.5. The predicted octanol–water partition coefficient (Wildman–Crippen LogP) is 1.64. The van der Waals surface area contributed by atoms with Gasteiger partial charge in [-0.1, -0.05) is 44.2 Å². The average Bonchev–Trinajstić information content (AvgIpc) is 3.40. The zero-order chi connectivity index (χ0) is 19.1. The van der Waals surface area contributed by atoms with Crippen LogP contribution in [0.4, 0.5) is 4.79 Å². The molecule has 2 amide bonds. The van der Waals surface area contributed by atoms with Gasteiger partial charge in [0.1, 0.15) is 6.61 Å². The second-order valence-electron chi connectivity index (χ2n) is 6.25. The predicted molar refractivity (Wildman–Crippen MR) is 91.6 cm³/mol. The first-order chi connectivity index (χ1) is 12.4. The van der Waals surface area contributed by atoms with Gasteiger partial charge >= 0.3 is 12.1 Å². The quantitative estimate of drug-likeness (QED) is 0.449. The van der Waals surface area contributed by atoms with Crippen molar-refractivity contribution < 1.29 is 28.6 Å². The van der Waals surface area contributed by atoms with Crippen LogP contribution in [0, 0.1) is 5.92 Å². The summed E-state index contributed by atoms with van der Waals surface area (Å²) in [7, 11) is 0. The van der Waals surface area contributed by atoms with Crippen molar-refractivity contribution in [1.82, 2.24) is 10.4 Å². The Morgan fingerprint density at radius 2 is 1.85 bits per heavy atom. The minimum absolute atomic E-state index is 0.0851. The van der Waals surface area contributed by atoms with Gasteiger partial charge in [0.2, 0.25) is 0 Å². The van der Waals surface area contributed by atoms with Gasteiger partial charge < -0.3 is 14.2 Å². The van der Waals surface area contributed by atoms with Crippen molar-refractivity contribution in [3.05, 3.63) is 35.9 Å². The van der Waals surface area contributed by atoms with E-state index in [9.17, 15) is 14.4 Å². The highest BCUT2D eigenvalue weighted by atomic mass is 16.6. The summed E-state index contributed by atoms with van der Waals surface area (Å²) in [5.74, 6) is -0.997. The van der Waals surface area contributed by atoms with Crippen LogP contribution in [0.25, 0.3) is 0 Å². The van der Waals surface area contributed by atoms with Crippen LogP contribution in [0.5, 0.6) is 0 Å². The number of carbonyl (C=O) groups excluding carboxylic acids is 3. The molecule has 0 unspecified atom stereocenters. The molecule has 0 radical (unpaired) electrons. The first-order valence-electron chi connectivity index (χ1n) is 8.53. The van der Waals surface area contributed by atoms with Crippen molar-refractivity contribution in [2.45, 2.75) is 39.6 Å². The van der Waals surface area contributed by atoms with E-state index in [4.69, 9.17) is 14.2 Å². The average molecular weight is 364 g/mol. The van der Waals surface area contributed by atoms with E-state index in [0.717, 1.165) is 10.6 Å². The van der Waals surface area contributed by atoms with E-state index in [1.807, 2.05) is 44.2 Å². The zero-order valence-corrected chi connectivity index (χ0v) is 15.1. The largest absolute Gasteiger partial charge is 0.464 e. The SMILES string of the molecule is CCOC(=O)[C@@H]1O[C@H]1C(=O)N(CC(C)C)NC(=O)OCc1ccccc1. The van der Waals surface area contributed by atoms with Crippen molar-refractivity contribution in [2.24, 2.45) is 5.92 Å². The Bertz CT molecular complexity index is 634. The molecule has 0 saturated carbocycles. The van der Waals surface area contributed by atoms with Gasteiger partial charge in [0.15, 0.2) is 12.2 Å². The summed E-state index contributed by atoms with van der Waals surface area (Å²) in [6, 6.07) is 9.19. The molecule has 1 fully saturated rings. The number of amides is 2. The number of hydrogen-bond donors (Lipinski definition) is 1. The fraction of sp³-hybridized carbons (Fsp3) is 0.500. The Morgan fingerprint density at radius 1 is 1.15 bits per heavy atom. The number of benzene rings is 1. The highest BCUT2D eigenvalue weighted by Crippen LogP contribution is 2.25. The van der Waals surface area contributed by atoms with Crippen molar-refractivity contribution in [3.63, 3.8) is 0 Å². The first-order valence-corrected chi connectivity index (χ1v) is 8.53. The number of hydrazine groups is 1. The number of epoxide rings is 1. The number of hydrogen-bond acceptors (Lipinski definition) is 6. The molecule has 0 aliphatic carbocycles. The smallest absolute Gasteiger partial charge is 0.426 e. The van der Waals surface area contributed by atoms with E-state index >= 15 is 0 Å². The molecule has 1 aromatic rings. The van der Waals surface area contributed by atoms with E-state index in [0.29, 0.717) is 0 Å². The van der Waals surface area contributed by atoms with Crippen LogP contribution in [0.15, 0.2) is 30.3 Å². The third kappa shape index (κ3) is 5.73. The summed E-state index contributed by atoms with van der Waals surface area (Å²) in [6.07, 6.45) is -2.61. The summed E-state index contributed by atoms with van der Waals surface area (Å²) in [5.41, 5.74) is 3.25. The molecule has 1 aliphatic rings. The summed E-state index contributed by atoms with van der Waals surface area (Å²) in [6.45, 7) is 6.02. The van der Waals surface area contributed by atoms with E-state index in [-0.39, 0.29) is 25.7 Å². The fourth-order valence-corrected chi connectivity index (χ4v) is 2.28. The topological polar surface area (TPSA) is 97.5 Å². The summed E-state index contributed by atoms with van der Waals surface area (Å²) in [5, 5.41) is 1.13. The Labute approximate surface area is 152 Å². The molecular weight excluding hydrogens is 340 g/mol. The number of nitrogens with zero attached hydrogens (tertiary/aromatic N) is 1. The maximum Gasteiger partial charge on any atom is 0.426 e. The number of ether oxygens (including phenoxy) is 3. The van der Waals surface area contributed by atoms with Crippen LogP contribution in [0.3, 0.4) is 0 Å². The molecule has 0 aromatic heterocycles. The van der Waals surface area contributed by atoms with Crippen molar-refractivity contribution in [1.29, 1.82) is 0 Å². The monoisotopic (exact) mass is 364 g/mol. The lowest BCUT2D eigenvalue weighted by molar-refractivity contribution is -0.145. The number of carbonyl (C=O) groups is 3. The molecule has 1 aromatic carbocycles. The summed E-state index contributed by atoms with van der Waals surface area (Å²) >= 11 is 0. The lowest BCUT2D eigenvalue weighted by Gasteiger charge is -2.24. The minimum atomic E-state index is -0.942. The van der Waals surface area contributed by atoms with Gasteiger partial charge in [-0.15, -0.1) is 0 Å². The third-order valence-corrected chi connectivity index (χ3v) is 3.51. The van der Waals surface area contributed by atoms with E-state index in [1.54, 1.807) is 6.92 Å². The standard InChI is InChI=1S/C18H24N2O6/c1-4-24-17(22)15-14(26-15)16(21)20(10-12(2)3)19-18(23)25-11-13-8-6-5-7-9-13/h5-9,12,14-15H,4,10-11H2,1-3H3,(H,19,23)/t14-,15-/m1/s1. The number of nitrogens with one attached hydrogen (secondary N) is 1. The van der Waals surface area contributed by atoms with Gasteiger partial charge in [-0.25, -0.2) is 20.0 Å². The van der Waals surface area contributed by atoms with Crippen LogP contribution in [0.2, 0.25) is 0 Å². The van der Waals surface area contributed by atoms with Gasteiger partial charge in [-0.3, -0.25) is 4.79 Å². The van der Waals surface area contributed by atoms with Crippen molar-refractivity contribution >= 4 is 18.0 Å². The highest BCUT2D eigenvalue weighted by Gasteiger charge is 2.53. The molecule has 0 bridgehead atoms. The van der Waals surface area contributed by atoms with Crippen molar-refractivity contribution in [3.8, 4) is 0 Å². The molecule has 2 rings (SSSR count). The summed E-state index contributed by atoms with van der Waals surface area (Å²) < 4.78 is 15.1. The Morgan fingerprint density at radius 3 is 2.46 bits per heavy atom. The lowest BCUT2D eigenvalue weighted by Crippen LogP contribution is -2.50. The fourth-order valence-electron chi connectivity index (χ4n) is 2.28. The highest BCUT2D eigenvalue weighted by molar-refractivity contribution is 5.93. The Kier molecular flexibility index (Phi) is 6.97. The van der Waals surface area contributed by atoms with Gasteiger partial charge in [-0.05, 0) is 18.4 Å². The van der Waals surface area contributed by atoms with Crippen LogP contribution in [-0.4, -0.2) is 48.3 Å². The maximum atomic E-state index is 12.5. The molecule has 1 heterocycles. The third-order valence-electron chi connectivity index (χ3n) is 3.51. The summed E-state index contributed by atoms with van der Waals surface area (Å²) in [4.78, 5) is 36.1. The molecule has 8 nitrogen and oxygen atoms in total. The van der Waals surface area contributed by atoms with Gasteiger partial charge in [-0.2, -0.15) is 0 Å². The molecule has 1 saturated heterocycles. The second kappa shape index (κ2) is 9.19. The normalized spacial score (nSPS) is 18.2. The van der Waals surface area contributed by atoms with Gasteiger partial charge in [0.25, 0.3) is 5.91 Å². The molecule has 1 aliphatic heterocycles. The molecule has 26 heavy (non-hydrogen) atoms. The van der Waals surface area contributed by atoms with Crippen molar-refractivity contribution in [2.75, 3.05) is 13.2 Å². The molecule has 8 heteroatoms. The van der Waals surface area contributed by atoms with E-state index in [1.165, 1.54) is 0 Å².